The summed E-state index contributed by atoms with van der Waals surface area (Å²) in [5.74, 6) is -2.50. The topological polar surface area (TPSA) is 60.3 Å². The molecule has 0 radical (unpaired) electrons. The van der Waals surface area contributed by atoms with Crippen LogP contribution in [0.1, 0.15) is 41.1 Å². The van der Waals surface area contributed by atoms with Gasteiger partial charge in [0.15, 0.2) is 5.97 Å². The zero-order valence-electron chi connectivity index (χ0n) is 21.9. The van der Waals surface area contributed by atoms with Crippen LogP contribution in [-0.4, -0.2) is 20.9 Å². The summed E-state index contributed by atoms with van der Waals surface area (Å²) in [6, 6.07) is 27.6. The molecule has 3 aromatic heterocycles. The van der Waals surface area contributed by atoms with Crippen molar-refractivity contribution in [3.05, 3.63) is 143 Å². The van der Waals surface area contributed by atoms with Gasteiger partial charge in [0.1, 0.15) is 16.9 Å². The number of allylic oxidation sites excluding steroid dienone is 1. The predicted octanol–water partition coefficient (Wildman–Crippen LogP) is 8.11. The maximum Gasteiger partial charge on any atom is 0.224 e. The number of hydrogen-bond acceptors (Lipinski definition) is 5. The molecular formula is C33H20F4N4O. The summed E-state index contributed by atoms with van der Waals surface area (Å²) in [6.07, 6.45) is 0.0751. The molecule has 5 aromatic rings. The number of aliphatic imine (C=N–C) groups is 1. The number of aromatic nitrogens is 3. The van der Waals surface area contributed by atoms with Crippen molar-refractivity contribution in [2.24, 2.45) is 4.99 Å². The van der Waals surface area contributed by atoms with Gasteiger partial charge in [-0.05, 0) is 55.0 Å². The van der Waals surface area contributed by atoms with E-state index in [0.717, 1.165) is 6.07 Å². The van der Waals surface area contributed by atoms with E-state index in [1.807, 2.05) is 54.6 Å². The smallest absolute Gasteiger partial charge is 0.224 e. The Morgan fingerprint density at radius 1 is 0.595 bits per heavy atom. The zero-order chi connectivity index (χ0) is 28.8. The molecule has 0 unspecified atom stereocenters. The number of nitrogens with zero attached hydrogens (tertiary/aromatic N) is 4. The van der Waals surface area contributed by atoms with Gasteiger partial charge in [0.25, 0.3) is 0 Å². The molecule has 206 valence electrons. The maximum absolute atomic E-state index is 14.9. The van der Waals surface area contributed by atoms with Gasteiger partial charge in [-0.3, -0.25) is 9.97 Å². The minimum Gasteiger partial charge on any atom is -0.457 e. The van der Waals surface area contributed by atoms with Crippen LogP contribution in [0.25, 0.3) is 16.8 Å². The second-order valence-electron chi connectivity index (χ2n) is 9.89. The lowest BCUT2D eigenvalue weighted by Gasteiger charge is -2.40. The second kappa shape index (κ2) is 10.0. The lowest BCUT2D eigenvalue weighted by Crippen LogP contribution is -2.36. The van der Waals surface area contributed by atoms with E-state index >= 15 is 0 Å². The monoisotopic (exact) mass is 564 g/mol. The molecule has 0 fully saturated rings. The maximum atomic E-state index is 14.9. The number of pyridine rings is 3. The summed E-state index contributed by atoms with van der Waals surface area (Å²) < 4.78 is 63.4. The molecular weight excluding hydrogens is 544 g/mol. The van der Waals surface area contributed by atoms with Crippen molar-refractivity contribution in [2.75, 3.05) is 0 Å². The standard InChI is InChI=1S/C33H20F4N4O/c34-29-17-15-19(31(36)40-29)23-9-5-13-27(38-23)33(21-7-1-3-11-25(21)42-26-12-4-2-8-22(26)33)28-14-6-10-24(39-28)20-16-18-30(35)41-32(20)37/h1-15,17H,16,18H2. The van der Waals surface area contributed by atoms with E-state index < -0.39 is 29.2 Å². The average molecular weight is 565 g/mol. The Morgan fingerprint density at radius 3 is 1.86 bits per heavy atom. The lowest BCUT2D eigenvalue weighted by atomic mass is 9.67. The number of halogens is 4. The van der Waals surface area contributed by atoms with Gasteiger partial charge >= 0.3 is 0 Å². The number of fused-ring (bicyclic) bond motifs is 2. The molecule has 0 atom stereocenters. The van der Waals surface area contributed by atoms with Gasteiger partial charge in [-0.1, -0.05) is 48.5 Å². The molecule has 0 amide bonds. The number of para-hydroxylation sites is 2. The van der Waals surface area contributed by atoms with Crippen molar-refractivity contribution in [1.29, 1.82) is 0 Å². The SMILES string of the molecule is FC1=NC(F)=C(c2cccc(C3(c4cccc(-c5ccc(F)nc5F)n4)c4ccccc4Oc4ccccc43)n2)CC1. The minimum absolute atomic E-state index is 0.0260. The molecule has 0 saturated carbocycles. The van der Waals surface area contributed by atoms with Crippen LogP contribution < -0.4 is 4.74 Å². The van der Waals surface area contributed by atoms with Crippen LogP contribution in [0, 0.1) is 11.9 Å². The predicted molar refractivity (Wildman–Crippen MR) is 149 cm³/mol. The van der Waals surface area contributed by atoms with E-state index in [4.69, 9.17) is 14.7 Å². The van der Waals surface area contributed by atoms with E-state index in [1.165, 1.54) is 6.07 Å². The third kappa shape index (κ3) is 4.08. The largest absolute Gasteiger partial charge is 0.457 e. The summed E-state index contributed by atoms with van der Waals surface area (Å²) in [4.78, 5) is 16.6. The fourth-order valence-electron chi connectivity index (χ4n) is 5.68. The van der Waals surface area contributed by atoms with Gasteiger partial charge in [-0.15, -0.1) is 0 Å². The van der Waals surface area contributed by atoms with Crippen molar-refractivity contribution < 1.29 is 22.3 Å². The summed E-state index contributed by atoms with van der Waals surface area (Å²) >= 11 is 0. The van der Waals surface area contributed by atoms with Gasteiger partial charge in [-0.2, -0.15) is 27.5 Å². The highest BCUT2D eigenvalue weighted by Gasteiger charge is 2.48. The lowest BCUT2D eigenvalue weighted by molar-refractivity contribution is 0.430. The molecule has 0 spiro atoms. The van der Waals surface area contributed by atoms with Gasteiger partial charge in [0, 0.05) is 23.1 Å². The van der Waals surface area contributed by atoms with Crippen LogP contribution in [0.15, 0.2) is 108 Å². The zero-order valence-corrected chi connectivity index (χ0v) is 21.9. The van der Waals surface area contributed by atoms with Gasteiger partial charge in [0.05, 0.1) is 28.3 Å². The Hall–Kier alpha value is -5.18. The summed E-state index contributed by atoms with van der Waals surface area (Å²) in [6.45, 7) is 0. The van der Waals surface area contributed by atoms with Gasteiger partial charge in [0.2, 0.25) is 17.8 Å². The van der Waals surface area contributed by atoms with E-state index in [0.29, 0.717) is 39.7 Å². The van der Waals surface area contributed by atoms with Crippen molar-refractivity contribution in [1.82, 2.24) is 15.0 Å². The molecule has 0 N–H and O–H groups in total. The molecule has 2 aliphatic rings. The highest BCUT2D eigenvalue weighted by molar-refractivity contribution is 5.83. The van der Waals surface area contributed by atoms with E-state index in [2.05, 4.69) is 9.98 Å². The Bertz CT molecular complexity index is 1890. The van der Waals surface area contributed by atoms with Crippen molar-refractivity contribution in [2.45, 2.75) is 18.3 Å². The number of hydrogen-bond donors (Lipinski definition) is 0. The van der Waals surface area contributed by atoms with Crippen LogP contribution in [0.4, 0.5) is 17.6 Å². The number of ether oxygens (including phenoxy) is 1. The van der Waals surface area contributed by atoms with Crippen LogP contribution >= 0.6 is 0 Å². The Morgan fingerprint density at radius 2 is 1.21 bits per heavy atom. The Kier molecular flexibility index (Phi) is 6.15. The van der Waals surface area contributed by atoms with Crippen molar-refractivity contribution in [3.63, 3.8) is 0 Å². The van der Waals surface area contributed by atoms with E-state index in [1.54, 1.807) is 30.3 Å². The Labute approximate surface area is 237 Å². The number of benzene rings is 2. The molecule has 2 aromatic carbocycles. The molecule has 42 heavy (non-hydrogen) atoms. The van der Waals surface area contributed by atoms with Gasteiger partial charge in [-0.25, -0.2) is 0 Å². The highest BCUT2D eigenvalue weighted by atomic mass is 19.2. The normalized spacial score (nSPS) is 15.4. The molecule has 5 nitrogen and oxygen atoms in total. The third-order valence-electron chi connectivity index (χ3n) is 7.52. The van der Waals surface area contributed by atoms with E-state index in [-0.39, 0.29) is 29.7 Å². The first-order chi connectivity index (χ1) is 20.4. The molecule has 2 aliphatic heterocycles. The summed E-state index contributed by atoms with van der Waals surface area (Å²) in [5.41, 5.74) is 1.94. The molecule has 0 aliphatic carbocycles. The molecule has 5 heterocycles. The first-order valence-electron chi connectivity index (χ1n) is 13.2. The minimum atomic E-state index is -1.21. The fraction of sp³-hybridized carbons (Fsp3) is 0.0909. The summed E-state index contributed by atoms with van der Waals surface area (Å²) in [7, 11) is 0. The van der Waals surface area contributed by atoms with Crippen LogP contribution in [0.5, 0.6) is 11.5 Å². The molecule has 9 heteroatoms. The van der Waals surface area contributed by atoms with Crippen molar-refractivity contribution in [3.8, 4) is 22.8 Å². The van der Waals surface area contributed by atoms with Crippen LogP contribution in [0.3, 0.4) is 0 Å². The van der Waals surface area contributed by atoms with Crippen molar-refractivity contribution >= 4 is 11.5 Å². The molecule has 0 bridgehead atoms. The molecule has 0 saturated heterocycles. The molecule has 7 rings (SSSR count). The summed E-state index contributed by atoms with van der Waals surface area (Å²) in [5, 5.41) is 0. The van der Waals surface area contributed by atoms with E-state index in [9.17, 15) is 17.6 Å². The number of rotatable bonds is 4. The third-order valence-corrected chi connectivity index (χ3v) is 7.52. The average Bonchev–Trinajstić information content (AvgIpc) is 3.00. The van der Waals surface area contributed by atoms with Gasteiger partial charge < -0.3 is 4.74 Å². The Balaban J connectivity index is 1.55. The van der Waals surface area contributed by atoms with Crippen LogP contribution in [-0.2, 0) is 5.41 Å². The first kappa shape index (κ1) is 25.8. The fourth-order valence-corrected chi connectivity index (χ4v) is 5.68. The quantitative estimate of drug-likeness (QED) is 0.123. The highest BCUT2D eigenvalue weighted by Crippen LogP contribution is 2.54. The van der Waals surface area contributed by atoms with Crippen LogP contribution in [0.2, 0.25) is 0 Å². The second-order valence-corrected chi connectivity index (χ2v) is 9.89. The first-order valence-corrected chi connectivity index (χ1v) is 13.2.